The summed E-state index contributed by atoms with van der Waals surface area (Å²) in [6.07, 6.45) is 0.0547. The summed E-state index contributed by atoms with van der Waals surface area (Å²) in [5.74, 6) is -1.73. The minimum atomic E-state index is -0.906. The minimum absolute atomic E-state index is 0.0305. The van der Waals surface area contributed by atoms with Crippen molar-refractivity contribution in [2.75, 3.05) is 19.6 Å². The predicted molar refractivity (Wildman–Crippen MR) is 62.1 cm³/mol. The molecule has 0 saturated heterocycles. The molecule has 0 aromatic carbocycles. The van der Waals surface area contributed by atoms with Crippen LogP contribution in [0.1, 0.15) is 27.2 Å². The molecule has 0 spiro atoms. The van der Waals surface area contributed by atoms with Gasteiger partial charge in [0.15, 0.2) is 0 Å². The third kappa shape index (κ3) is 6.40. The average Bonchev–Trinajstić information content (AvgIpc) is 2.20. The van der Waals surface area contributed by atoms with Crippen LogP contribution in [0, 0.1) is 11.8 Å². The van der Waals surface area contributed by atoms with Crippen LogP contribution < -0.4 is 10.6 Å². The number of rotatable bonds is 8. The molecule has 0 aromatic rings. The van der Waals surface area contributed by atoms with E-state index >= 15 is 0 Å². The molecular weight excluding hydrogens is 208 g/mol. The second-order valence-electron chi connectivity index (χ2n) is 4.10. The number of aliphatic carboxylic acids is 1. The number of carboxylic acid groups (broad SMARTS) is 1. The van der Waals surface area contributed by atoms with Gasteiger partial charge in [0.2, 0.25) is 5.91 Å². The van der Waals surface area contributed by atoms with Crippen molar-refractivity contribution in [3.05, 3.63) is 0 Å². The summed E-state index contributed by atoms with van der Waals surface area (Å²) in [6.45, 7) is 7.72. The molecule has 0 aliphatic rings. The largest absolute Gasteiger partial charge is 0.481 e. The van der Waals surface area contributed by atoms with Gasteiger partial charge in [0.05, 0.1) is 5.92 Å². The Morgan fingerprint density at radius 2 is 1.88 bits per heavy atom. The summed E-state index contributed by atoms with van der Waals surface area (Å²) in [4.78, 5) is 22.3. The molecule has 1 atom stereocenters. The number of hydrogen-bond donors (Lipinski definition) is 3. The van der Waals surface area contributed by atoms with Crippen molar-refractivity contribution in [1.29, 1.82) is 0 Å². The maximum Gasteiger partial charge on any atom is 0.307 e. The standard InChI is InChI=1S/C11H22N2O3/c1-4-12-5-6-13-10(14)7-9(8(2)3)11(15)16/h8-9,12H,4-7H2,1-3H3,(H,13,14)(H,15,16). The molecule has 1 unspecified atom stereocenters. The molecule has 0 rings (SSSR count). The van der Waals surface area contributed by atoms with Crippen molar-refractivity contribution in [3.8, 4) is 0 Å². The summed E-state index contributed by atoms with van der Waals surface area (Å²) in [6, 6.07) is 0. The zero-order valence-corrected chi connectivity index (χ0v) is 10.2. The Kier molecular flexibility index (Phi) is 7.54. The predicted octanol–water partition coefficient (Wildman–Crippen LogP) is 0.459. The van der Waals surface area contributed by atoms with E-state index in [1.807, 2.05) is 20.8 Å². The molecule has 0 heterocycles. The molecule has 94 valence electrons. The van der Waals surface area contributed by atoms with Gasteiger partial charge >= 0.3 is 5.97 Å². The van der Waals surface area contributed by atoms with Crippen LogP contribution in [0.5, 0.6) is 0 Å². The highest BCUT2D eigenvalue weighted by Crippen LogP contribution is 2.14. The lowest BCUT2D eigenvalue weighted by molar-refractivity contribution is -0.145. The molecule has 5 nitrogen and oxygen atoms in total. The Balaban J connectivity index is 3.87. The zero-order valence-electron chi connectivity index (χ0n) is 10.2. The molecule has 0 bridgehead atoms. The summed E-state index contributed by atoms with van der Waals surface area (Å²) in [5, 5.41) is 14.7. The zero-order chi connectivity index (χ0) is 12.6. The fourth-order valence-electron chi connectivity index (χ4n) is 1.35. The van der Waals surface area contributed by atoms with Crippen molar-refractivity contribution in [2.45, 2.75) is 27.2 Å². The maximum absolute atomic E-state index is 11.4. The molecule has 0 saturated carbocycles. The van der Waals surface area contributed by atoms with E-state index in [0.717, 1.165) is 6.54 Å². The van der Waals surface area contributed by atoms with Gasteiger partial charge < -0.3 is 15.7 Å². The van der Waals surface area contributed by atoms with Gasteiger partial charge in [-0.1, -0.05) is 20.8 Å². The van der Waals surface area contributed by atoms with Crippen LogP contribution in [0.3, 0.4) is 0 Å². The average molecular weight is 230 g/mol. The van der Waals surface area contributed by atoms with Gasteiger partial charge in [0, 0.05) is 19.5 Å². The van der Waals surface area contributed by atoms with E-state index in [9.17, 15) is 9.59 Å². The first kappa shape index (κ1) is 14.9. The van der Waals surface area contributed by atoms with Gasteiger partial charge in [-0.05, 0) is 12.5 Å². The van der Waals surface area contributed by atoms with Crippen molar-refractivity contribution >= 4 is 11.9 Å². The van der Waals surface area contributed by atoms with Crippen LogP contribution in [0.4, 0.5) is 0 Å². The topological polar surface area (TPSA) is 78.4 Å². The molecule has 5 heteroatoms. The third-order valence-corrected chi connectivity index (χ3v) is 2.40. The lowest BCUT2D eigenvalue weighted by atomic mass is 9.92. The number of amides is 1. The Morgan fingerprint density at radius 1 is 1.25 bits per heavy atom. The van der Waals surface area contributed by atoms with Gasteiger partial charge in [-0.25, -0.2) is 0 Å². The second-order valence-corrected chi connectivity index (χ2v) is 4.10. The molecule has 0 aliphatic carbocycles. The molecule has 1 amide bonds. The van der Waals surface area contributed by atoms with E-state index < -0.39 is 11.9 Å². The molecule has 0 aliphatic heterocycles. The molecule has 0 radical (unpaired) electrons. The van der Waals surface area contributed by atoms with E-state index in [1.165, 1.54) is 0 Å². The first-order valence-corrected chi connectivity index (χ1v) is 5.69. The molecule has 0 fully saturated rings. The van der Waals surface area contributed by atoms with Gasteiger partial charge in [0.1, 0.15) is 0 Å². The van der Waals surface area contributed by atoms with Crippen molar-refractivity contribution < 1.29 is 14.7 Å². The molecular formula is C11H22N2O3. The monoisotopic (exact) mass is 230 g/mol. The van der Waals surface area contributed by atoms with Gasteiger partial charge in [0.25, 0.3) is 0 Å². The van der Waals surface area contributed by atoms with Gasteiger partial charge in [-0.15, -0.1) is 0 Å². The van der Waals surface area contributed by atoms with E-state index in [-0.39, 0.29) is 18.2 Å². The van der Waals surface area contributed by atoms with Gasteiger partial charge in [-0.2, -0.15) is 0 Å². The fraction of sp³-hybridized carbons (Fsp3) is 0.818. The highest BCUT2D eigenvalue weighted by Gasteiger charge is 2.24. The Bertz CT molecular complexity index is 229. The maximum atomic E-state index is 11.4. The second kappa shape index (κ2) is 8.10. The minimum Gasteiger partial charge on any atom is -0.481 e. The van der Waals surface area contributed by atoms with Crippen molar-refractivity contribution in [2.24, 2.45) is 11.8 Å². The number of hydrogen-bond acceptors (Lipinski definition) is 3. The number of nitrogens with one attached hydrogen (secondary N) is 2. The van der Waals surface area contributed by atoms with Crippen molar-refractivity contribution in [3.63, 3.8) is 0 Å². The SMILES string of the molecule is CCNCCNC(=O)CC(C(=O)O)C(C)C. The van der Waals surface area contributed by atoms with E-state index in [4.69, 9.17) is 5.11 Å². The lowest BCUT2D eigenvalue weighted by Crippen LogP contribution is -2.34. The summed E-state index contributed by atoms with van der Waals surface area (Å²) in [5.41, 5.74) is 0. The summed E-state index contributed by atoms with van der Waals surface area (Å²) in [7, 11) is 0. The normalized spacial score (nSPS) is 12.5. The Hall–Kier alpha value is -1.10. The fourth-order valence-corrected chi connectivity index (χ4v) is 1.35. The molecule has 16 heavy (non-hydrogen) atoms. The van der Waals surface area contributed by atoms with Crippen LogP contribution in [0.15, 0.2) is 0 Å². The highest BCUT2D eigenvalue weighted by molar-refractivity contribution is 5.82. The number of likely N-dealkylation sites (N-methyl/N-ethyl adjacent to an activating group) is 1. The number of carbonyl (C=O) groups excluding carboxylic acids is 1. The lowest BCUT2D eigenvalue weighted by Gasteiger charge is -2.15. The van der Waals surface area contributed by atoms with Crippen LogP contribution in [0.25, 0.3) is 0 Å². The quantitative estimate of drug-likeness (QED) is 0.529. The Morgan fingerprint density at radius 3 is 2.31 bits per heavy atom. The third-order valence-electron chi connectivity index (χ3n) is 2.40. The van der Waals surface area contributed by atoms with Crippen LogP contribution in [-0.2, 0) is 9.59 Å². The van der Waals surface area contributed by atoms with Gasteiger partial charge in [-0.3, -0.25) is 9.59 Å². The van der Waals surface area contributed by atoms with Crippen LogP contribution in [0.2, 0.25) is 0 Å². The van der Waals surface area contributed by atoms with Crippen molar-refractivity contribution in [1.82, 2.24) is 10.6 Å². The molecule has 0 aromatic heterocycles. The highest BCUT2D eigenvalue weighted by atomic mass is 16.4. The number of carboxylic acids is 1. The van der Waals surface area contributed by atoms with E-state index in [2.05, 4.69) is 10.6 Å². The smallest absolute Gasteiger partial charge is 0.307 e. The first-order chi connectivity index (χ1) is 7.49. The van der Waals surface area contributed by atoms with Crippen LogP contribution >= 0.6 is 0 Å². The summed E-state index contributed by atoms with van der Waals surface area (Å²) < 4.78 is 0. The molecule has 3 N–H and O–H groups in total. The van der Waals surface area contributed by atoms with E-state index in [1.54, 1.807) is 0 Å². The van der Waals surface area contributed by atoms with E-state index in [0.29, 0.717) is 13.1 Å². The number of carbonyl (C=O) groups is 2. The Labute approximate surface area is 96.6 Å². The van der Waals surface area contributed by atoms with Crippen LogP contribution in [-0.4, -0.2) is 36.6 Å². The first-order valence-electron chi connectivity index (χ1n) is 5.69. The summed E-state index contributed by atoms with van der Waals surface area (Å²) >= 11 is 0.